The smallest absolute Gasteiger partial charge is 0.240 e. The molecular weight excluding hydrogens is 260 g/mol. The third-order valence-corrected chi connectivity index (χ3v) is 5.46. The Bertz CT molecular complexity index is 536. The zero-order chi connectivity index (χ0) is 13.9. The second-order valence-corrected chi connectivity index (χ2v) is 7.02. The molecule has 2 rings (SSSR count). The number of sulfonamides is 1. The lowest BCUT2D eigenvalue weighted by Crippen LogP contribution is -2.28. The van der Waals surface area contributed by atoms with Crippen LogP contribution in [-0.2, 0) is 16.6 Å². The molecule has 0 unspecified atom stereocenters. The number of rotatable bonds is 6. The van der Waals surface area contributed by atoms with Crippen molar-refractivity contribution in [1.29, 1.82) is 0 Å². The van der Waals surface area contributed by atoms with Crippen LogP contribution in [0.5, 0.6) is 0 Å². The van der Waals surface area contributed by atoms with E-state index in [1.165, 1.54) is 19.3 Å². The first kappa shape index (κ1) is 14.5. The summed E-state index contributed by atoms with van der Waals surface area (Å²) in [4.78, 5) is 0.360. The zero-order valence-electron chi connectivity index (χ0n) is 11.4. The monoisotopic (exact) mass is 282 g/mol. The van der Waals surface area contributed by atoms with Gasteiger partial charge in [-0.05, 0) is 36.5 Å². The molecular formula is C14H22N2O2S. The molecule has 1 aliphatic carbocycles. The van der Waals surface area contributed by atoms with Crippen LogP contribution in [0.25, 0.3) is 0 Å². The van der Waals surface area contributed by atoms with Gasteiger partial charge in [-0.25, -0.2) is 13.1 Å². The van der Waals surface area contributed by atoms with Crippen LogP contribution in [-0.4, -0.2) is 15.0 Å². The lowest BCUT2D eigenvalue weighted by molar-refractivity contribution is 0.297. The summed E-state index contributed by atoms with van der Waals surface area (Å²) in [6.07, 6.45) is 4.72. The van der Waals surface area contributed by atoms with E-state index >= 15 is 0 Å². The molecule has 0 aromatic heterocycles. The molecule has 0 aliphatic heterocycles. The number of nitrogens with one attached hydrogen (secondary N) is 1. The third kappa shape index (κ3) is 3.55. The molecule has 4 nitrogen and oxygen atoms in total. The van der Waals surface area contributed by atoms with E-state index in [1.54, 1.807) is 19.1 Å². The van der Waals surface area contributed by atoms with E-state index < -0.39 is 10.0 Å². The minimum Gasteiger partial charge on any atom is -0.326 e. The van der Waals surface area contributed by atoms with Crippen LogP contribution >= 0.6 is 0 Å². The maximum Gasteiger partial charge on any atom is 0.240 e. The fourth-order valence-corrected chi connectivity index (χ4v) is 3.67. The summed E-state index contributed by atoms with van der Waals surface area (Å²) in [5.74, 6) is 0.711. The third-order valence-electron chi connectivity index (χ3n) is 3.83. The number of hydrogen-bond donors (Lipinski definition) is 2. The minimum absolute atomic E-state index is 0.360. The predicted octanol–water partition coefficient (Wildman–Crippen LogP) is 1.92. The molecule has 0 atom stereocenters. The number of benzene rings is 1. The quantitative estimate of drug-likeness (QED) is 0.837. The molecule has 0 amide bonds. The van der Waals surface area contributed by atoms with Crippen molar-refractivity contribution in [3.63, 3.8) is 0 Å². The van der Waals surface area contributed by atoms with Crippen molar-refractivity contribution < 1.29 is 8.42 Å². The van der Waals surface area contributed by atoms with E-state index in [-0.39, 0.29) is 0 Å². The molecule has 0 heterocycles. The fourth-order valence-electron chi connectivity index (χ4n) is 2.40. The first-order valence-corrected chi connectivity index (χ1v) is 8.30. The maximum atomic E-state index is 12.2. The molecule has 1 aromatic rings. The highest BCUT2D eigenvalue weighted by molar-refractivity contribution is 7.89. The Morgan fingerprint density at radius 3 is 2.63 bits per heavy atom. The van der Waals surface area contributed by atoms with E-state index in [1.807, 2.05) is 6.07 Å². The maximum absolute atomic E-state index is 12.2. The van der Waals surface area contributed by atoms with Gasteiger partial charge in [0.2, 0.25) is 10.0 Å². The lowest BCUT2D eigenvalue weighted by atomic mass is 9.83. The molecule has 19 heavy (non-hydrogen) atoms. The average Bonchev–Trinajstić information content (AvgIpc) is 2.31. The Kier molecular flexibility index (Phi) is 4.60. The summed E-state index contributed by atoms with van der Waals surface area (Å²) < 4.78 is 27.1. The Labute approximate surface area is 115 Å². The van der Waals surface area contributed by atoms with Crippen molar-refractivity contribution in [3.05, 3.63) is 29.3 Å². The standard InChI is InChI=1S/C14H22N2O2S/c1-11-9-13(10-15)5-6-14(11)19(17,18)16-8-7-12-3-2-4-12/h5-6,9,12,16H,2-4,7-8,10,15H2,1H3. The van der Waals surface area contributed by atoms with Crippen LogP contribution < -0.4 is 10.5 Å². The van der Waals surface area contributed by atoms with Gasteiger partial charge in [-0.3, -0.25) is 0 Å². The molecule has 1 fully saturated rings. The Morgan fingerprint density at radius 2 is 2.11 bits per heavy atom. The SMILES string of the molecule is Cc1cc(CN)ccc1S(=O)(=O)NCCC1CCC1. The molecule has 5 heteroatoms. The molecule has 1 aromatic carbocycles. The average molecular weight is 282 g/mol. The van der Waals surface area contributed by atoms with Gasteiger partial charge in [-0.1, -0.05) is 31.4 Å². The molecule has 106 valence electrons. The Hall–Kier alpha value is -0.910. The second kappa shape index (κ2) is 6.03. The Morgan fingerprint density at radius 1 is 1.37 bits per heavy atom. The van der Waals surface area contributed by atoms with Crippen LogP contribution in [0, 0.1) is 12.8 Å². The van der Waals surface area contributed by atoms with E-state index in [0.29, 0.717) is 23.9 Å². The topological polar surface area (TPSA) is 72.2 Å². The van der Waals surface area contributed by atoms with E-state index in [9.17, 15) is 8.42 Å². The number of nitrogens with two attached hydrogens (primary N) is 1. The molecule has 0 saturated heterocycles. The largest absolute Gasteiger partial charge is 0.326 e. The summed E-state index contributed by atoms with van der Waals surface area (Å²) in [5, 5.41) is 0. The molecule has 0 bridgehead atoms. The summed E-state index contributed by atoms with van der Waals surface area (Å²) in [7, 11) is -3.39. The molecule has 0 radical (unpaired) electrons. The number of aryl methyl sites for hydroxylation is 1. The normalized spacial score (nSPS) is 16.3. The molecule has 1 aliphatic rings. The van der Waals surface area contributed by atoms with Gasteiger partial charge in [0.15, 0.2) is 0 Å². The van der Waals surface area contributed by atoms with Gasteiger partial charge in [-0.2, -0.15) is 0 Å². The number of hydrogen-bond acceptors (Lipinski definition) is 3. The van der Waals surface area contributed by atoms with Gasteiger partial charge in [-0.15, -0.1) is 0 Å². The van der Waals surface area contributed by atoms with Gasteiger partial charge in [0.25, 0.3) is 0 Å². The van der Waals surface area contributed by atoms with Gasteiger partial charge >= 0.3 is 0 Å². The molecule has 0 spiro atoms. The van der Waals surface area contributed by atoms with E-state index in [0.717, 1.165) is 17.5 Å². The van der Waals surface area contributed by atoms with Crippen molar-refractivity contribution >= 4 is 10.0 Å². The first-order chi connectivity index (χ1) is 9.03. The summed E-state index contributed by atoms with van der Waals surface area (Å²) in [6, 6.07) is 5.25. The molecule has 1 saturated carbocycles. The van der Waals surface area contributed by atoms with Crippen molar-refractivity contribution in [1.82, 2.24) is 4.72 Å². The lowest BCUT2D eigenvalue weighted by Gasteiger charge is -2.25. The van der Waals surface area contributed by atoms with Gasteiger partial charge in [0.05, 0.1) is 4.90 Å². The summed E-state index contributed by atoms with van der Waals surface area (Å²) in [6.45, 7) is 2.76. The van der Waals surface area contributed by atoms with E-state index in [2.05, 4.69) is 4.72 Å². The van der Waals surface area contributed by atoms with Gasteiger partial charge < -0.3 is 5.73 Å². The van der Waals surface area contributed by atoms with Crippen LogP contribution in [0.2, 0.25) is 0 Å². The highest BCUT2D eigenvalue weighted by Crippen LogP contribution is 2.29. The fraction of sp³-hybridized carbons (Fsp3) is 0.571. The first-order valence-electron chi connectivity index (χ1n) is 6.82. The Balaban J connectivity index is 2.01. The van der Waals surface area contributed by atoms with Crippen LogP contribution in [0.15, 0.2) is 23.1 Å². The van der Waals surface area contributed by atoms with Crippen LogP contribution in [0.3, 0.4) is 0 Å². The highest BCUT2D eigenvalue weighted by atomic mass is 32.2. The van der Waals surface area contributed by atoms with Crippen LogP contribution in [0.1, 0.15) is 36.8 Å². The van der Waals surface area contributed by atoms with Crippen LogP contribution in [0.4, 0.5) is 0 Å². The highest BCUT2D eigenvalue weighted by Gasteiger charge is 2.20. The second-order valence-electron chi connectivity index (χ2n) is 5.29. The summed E-state index contributed by atoms with van der Waals surface area (Å²) in [5.41, 5.74) is 7.25. The molecule has 3 N–H and O–H groups in total. The minimum atomic E-state index is -3.39. The van der Waals surface area contributed by atoms with Gasteiger partial charge in [0.1, 0.15) is 0 Å². The van der Waals surface area contributed by atoms with Crippen molar-refractivity contribution in [2.24, 2.45) is 11.7 Å². The summed E-state index contributed by atoms with van der Waals surface area (Å²) >= 11 is 0. The van der Waals surface area contributed by atoms with Crippen molar-refractivity contribution in [3.8, 4) is 0 Å². The van der Waals surface area contributed by atoms with Crippen molar-refractivity contribution in [2.45, 2.75) is 44.0 Å². The van der Waals surface area contributed by atoms with Gasteiger partial charge in [0, 0.05) is 13.1 Å². The van der Waals surface area contributed by atoms with Crippen molar-refractivity contribution in [2.75, 3.05) is 6.54 Å². The predicted molar refractivity (Wildman–Crippen MR) is 76.2 cm³/mol. The zero-order valence-corrected chi connectivity index (χ0v) is 12.2. The van der Waals surface area contributed by atoms with E-state index in [4.69, 9.17) is 5.73 Å².